The minimum absolute atomic E-state index is 0.165. The van der Waals surface area contributed by atoms with Gasteiger partial charge in [-0.05, 0) is 61.5 Å². The second-order valence-corrected chi connectivity index (χ2v) is 10.1. The highest BCUT2D eigenvalue weighted by Gasteiger charge is 2.36. The summed E-state index contributed by atoms with van der Waals surface area (Å²) in [5.41, 5.74) is 0.613. The predicted molar refractivity (Wildman–Crippen MR) is 128 cm³/mol. The van der Waals surface area contributed by atoms with E-state index in [0.717, 1.165) is 47.8 Å². The van der Waals surface area contributed by atoms with Gasteiger partial charge in [0.15, 0.2) is 5.58 Å². The molecule has 32 heavy (non-hydrogen) atoms. The molecule has 2 aliphatic carbocycles. The van der Waals surface area contributed by atoms with Gasteiger partial charge in [0.05, 0.1) is 10.7 Å². The Bertz CT molecular complexity index is 1010. The summed E-state index contributed by atoms with van der Waals surface area (Å²) in [6.07, 6.45) is 10.8. The van der Waals surface area contributed by atoms with E-state index < -0.39 is 0 Å². The molecule has 2 fully saturated rings. The number of fused-ring (bicyclic) bond motifs is 1. The van der Waals surface area contributed by atoms with E-state index in [1.54, 1.807) is 19.2 Å². The molecule has 2 aromatic rings. The number of likely N-dealkylation sites (N-methyl/N-ethyl adjacent to an activating group) is 2. The van der Waals surface area contributed by atoms with Gasteiger partial charge in [0.2, 0.25) is 11.7 Å². The maximum absolute atomic E-state index is 12.0. The quantitative estimate of drug-likeness (QED) is 0.626. The van der Waals surface area contributed by atoms with Crippen molar-refractivity contribution in [3.05, 3.63) is 22.5 Å². The van der Waals surface area contributed by atoms with Crippen LogP contribution in [0.1, 0.15) is 64.1 Å². The second kappa shape index (κ2) is 9.80. The smallest absolute Gasteiger partial charge is 0.219 e. The maximum atomic E-state index is 12.0. The Hall–Kier alpha value is -2.11. The highest BCUT2D eigenvalue weighted by atomic mass is 79.9. The molecule has 7 nitrogen and oxygen atoms in total. The molecule has 0 saturated heterocycles. The van der Waals surface area contributed by atoms with E-state index >= 15 is 0 Å². The lowest BCUT2D eigenvalue weighted by molar-refractivity contribution is -0.132. The molecule has 0 radical (unpaired) electrons. The zero-order valence-electron chi connectivity index (χ0n) is 19.1. The van der Waals surface area contributed by atoms with Crippen LogP contribution in [0.4, 0.5) is 5.82 Å². The molecule has 172 valence electrons. The molecule has 2 aliphatic rings. The zero-order chi connectivity index (χ0) is 22.8. The molecular formula is C24H32BrN5O2. The third-order valence-corrected chi connectivity index (χ3v) is 8.25. The molecule has 2 heterocycles. The summed E-state index contributed by atoms with van der Waals surface area (Å²) in [5.74, 6) is 1.26. The van der Waals surface area contributed by atoms with E-state index in [4.69, 9.17) is 9.68 Å². The molecule has 1 N–H and O–H groups in total. The van der Waals surface area contributed by atoms with Crippen molar-refractivity contribution in [2.75, 3.05) is 19.4 Å². The normalized spacial score (nSPS) is 26.1. The lowest BCUT2D eigenvalue weighted by Crippen LogP contribution is -2.55. The molecule has 2 aromatic heterocycles. The molecule has 4 rings (SSSR count). The van der Waals surface area contributed by atoms with E-state index in [0.29, 0.717) is 35.5 Å². The fourth-order valence-corrected chi connectivity index (χ4v) is 6.01. The fraction of sp³-hybridized carbons (Fsp3) is 0.625. The van der Waals surface area contributed by atoms with Crippen LogP contribution >= 0.6 is 15.9 Å². The number of carbonyl (C=O) groups excluding carboxylic acids is 1. The molecule has 0 aliphatic heterocycles. The number of hydrogen-bond acceptors (Lipinski definition) is 6. The van der Waals surface area contributed by atoms with Crippen molar-refractivity contribution in [1.29, 1.82) is 5.26 Å². The number of carbonyl (C=O) groups is 1. The minimum Gasteiger partial charge on any atom is -0.444 e. The Morgan fingerprint density at radius 2 is 1.88 bits per heavy atom. The Balaban J connectivity index is 1.37. The van der Waals surface area contributed by atoms with Crippen LogP contribution < -0.4 is 5.32 Å². The van der Waals surface area contributed by atoms with Crippen molar-refractivity contribution in [3.8, 4) is 6.07 Å². The Kier molecular flexibility index (Phi) is 7.06. The van der Waals surface area contributed by atoms with Crippen LogP contribution in [0.25, 0.3) is 11.0 Å². The van der Waals surface area contributed by atoms with Crippen LogP contribution in [-0.4, -0.2) is 59.0 Å². The number of pyridine rings is 1. The number of furan rings is 1. The van der Waals surface area contributed by atoms with E-state index in [-0.39, 0.29) is 5.91 Å². The van der Waals surface area contributed by atoms with Gasteiger partial charge in [0.1, 0.15) is 11.9 Å². The van der Waals surface area contributed by atoms with Crippen LogP contribution in [0.2, 0.25) is 0 Å². The summed E-state index contributed by atoms with van der Waals surface area (Å²) in [5, 5.41) is 13.5. The number of aromatic nitrogens is 1. The van der Waals surface area contributed by atoms with Crippen LogP contribution in [-0.2, 0) is 4.79 Å². The van der Waals surface area contributed by atoms with Gasteiger partial charge < -0.3 is 14.6 Å². The average molecular weight is 502 g/mol. The van der Waals surface area contributed by atoms with Crippen molar-refractivity contribution in [2.45, 2.75) is 82.5 Å². The predicted octanol–water partition coefficient (Wildman–Crippen LogP) is 4.91. The first kappa shape index (κ1) is 23.1. The van der Waals surface area contributed by atoms with Crippen LogP contribution in [0.5, 0.6) is 0 Å². The number of anilines is 1. The molecule has 2 saturated carbocycles. The van der Waals surface area contributed by atoms with E-state index in [9.17, 15) is 4.79 Å². The third-order valence-electron chi connectivity index (χ3n) is 7.45. The number of nitriles is 1. The summed E-state index contributed by atoms with van der Waals surface area (Å²) in [6, 6.07) is 5.47. The highest BCUT2D eigenvalue weighted by Crippen LogP contribution is 2.35. The van der Waals surface area contributed by atoms with Gasteiger partial charge in [-0.2, -0.15) is 5.26 Å². The molecule has 0 bridgehead atoms. The van der Waals surface area contributed by atoms with Gasteiger partial charge in [-0.15, -0.1) is 0 Å². The Labute approximate surface area is 198 Å². The van der Waals surface area contributed by atoms with Crippen LogP contribution in [0, 0.1) is 11.3 Å². The van der Waals surface area contributed by atoms with Gasteiger partial charge >= 0.3 is 0 Å². The molecule has 8 heteroatoms. The Morgan fingerprint density at radius 3 is 2.53 bits per heavy atom. The number of amides is 1. The van der Waals surface area contributed by atoms with Crippen molar-refractivity contribution >= 4 is 38.6 Å². The molecule has 2 atom stereocenters. The fourth-order valence-electron chi connectivity index (χ4n) is 5.48. The monoisotopic (exact) mass is 501 g/mol. The zero-order valence-corrected chi connectivity index (χ0v) is 20.7. The van der Waals surface area contributed by atoms with Gasteiger partial charge in [0, 0.05) is 49.6 Å². The van der Waals surface area contributed by atoms with Crippen molar-refractivity contribution in [1.82, 2.24) is 14.8 Å². The van der Waals surface area contributed by atoms with Crippen molar-refractivity contribution in [3.63, 3.8) is 0 Å². The first-order chi connectivity index (χ1) is 15.4. The van der Waals surface area contributed by atoms with E-state index in [2.05, 4.69) is 38.2 Å². The van der Waals surface area contributed by atoms with Gasteiger partial charge in [-0.1, -0.05) is 12.8 Å². The standard InChI is InChI=1S/C24H32BrN5O2/c1-15(31)29(2)20-6-4-5-7-21(20)30(3)17-10-8-16(9-11-17)28-24-23(25)19-12-18(13-26)32-22(19)14-27-24/h12,14,16-17,20-21H,4-11H2,1-3H3,(H,27,28)/t16?,17?,20-,21-/m0/s1. The highest BCUT2D eigenvalue weighted by molar-refractivity contribution is 9.10. The van der Waals surface area contributed by atoms with E-state index in [1.807, 2.05) is 18.0 Å². The van der Waals surface area contributed by atoms with Gasteiger partial charge in [0.25, 0.3) is 0 Å². The molecule has 1 amide bonds. The number of halogens is 1. The molecule has 0 unspecified atom stereocenters. The number of nitrogens with zero attached hydrogens (tertiary/aromatic N) is 4. The SMILES string of the molecule is CC(=O)N(C)[C@H]1CCCC[C@@H]1N(C)C1CCC(Nc2ncc3oc(C#N)cc3c2Br)CC1. The lowest BCUT2D eigenvalue weighted by atomic mass is 9.84. The Morgan fingerprint density at radius 1 is 1.19 bits per heavy atom. The first-order valence-corrected chi connectivity index (χ1v) is 12.4. The number of rotatable bonds is 5. The lowest BCUT2D eigenvalue weighted by Gasteiger charge is -2.46. The first-order valence-electron chi connectivity index (χ1n) is 11.6. The second-order valence-electron chi connectivity index (χ2n) is 9.29. The summed E-state index contributed by atoms with van der Waals surface area (Å²) in [4.78, 5) is 21.0. The largest absolute Gasteiger partial charge is 0.444 e. The van der Waals surface area contributed by atoms with Gasteiger partial charge in [-0.3, -0.25) is 9.69 Å². The average Bonchev–Trinajstić information content (AvgIpc) is 3.25. The number of hydrogen-bond donors (Lipinski definition) is 1. The molecule has 0 spiro atoms. The van der Waals surface area contributed by atoms with Gasteiger partial charge in [-0.25, -0.2) is 4.98 Å². The van der Waals surface area contributed by atoms with Crippen LogP contribution in [0.15, 0.2) is 21.2 Å². The topological polar surface area (TPSA) is 85.4 Å². The van der Waals surface area contributed by atoms with Crippen molar-refractivity contribution in [2.24, 2.45) is 0 Å². The number of nitrogens with one attached hydrogen (secondary N) is 1. The third kappa shape index (κ3) is 4.65. The summed E-state index contributed by atoms with van der Waals surface area (Å²) < 4.78 is 6.31. The summed E-state index contributed by atoms with van der Waals surface area (Å²) in [7, 11) is 4.22. The molecule has 0 aromatic carbocycles. The minimum atomic E-state index is 0.165. The summed E-state index contributed by atoms with van der Waals surface area (Å²) in [6.45, 7) is 1.68. The summed E-state index contributed by atoms with van der Waals surface area (Å²) >= 11 is 3.64. The van der Waals surface area contributed by atoms with E-state index in [1.165, 1.54) is 19.3 Å². The van der Waals surface area contributed by atoms with Crippen LogP contribution in [0.3, 0.4) is 0 Å². The van der Waals surface area contributed by atoms with Crippen molar-refractivity contribution < 1.29 is 9.21 Å². The maximum Gasteiger partial charge on any atom is 0.219 e. The molecular weight excluding hydrogens is 470 g/mol.